The SMILES string of the molecule is Cc1cc(NC(=O)N2CSC[C@H]2C(=O)O)cc(C)c1Br. The number of benzene rings is 1. The van der Waals surface area contributed by atoms with Crippen molar-refractivity contribution >= 4 is 45.4 Å². The van der Waals surface area contributed by atoms with E-state index in [4.69, 9.17) is 5.11 Å². The summed E-state index contributed by atoms with van der Waals surface area (Å²) in [7, 11) is 0. The van der Waals surface area contributed by atoms with E-state index in [2.05, 4.69) is 21.2 Å². The number of urea groups is 1. The number of aliphatic carboxylic acids is 1. The number of amides is 2. The summed E-state index contributed by atoms with van der Waals surface area (Å²) in [5, 5.41) is 11.8. The molecule has 5 nitrogen and oxygen atoms in total. The summed E-state index contributed by atoms with van der Waals surface area (Å²) in [6.45, 7) is 3.89. The highest BCUT2D eigenvalue weighted by Crippen LogP contribution is 2.26. The van der Waals surface area contributed by atoms with Crippen molar-refractivity contribution in [3.63, 3.8) is 0 Å². The van der Waals surface area contributed by atoms with Gasteiger partial charge in [-0.25, -0.2) is 9.59 Å². The number of hydrogen-bond acceptors (Lipinski definition) is 3. The minimum atomic E-state index is -0.965. The number of halogens is 1. The zero-order chi connectivity index (χ0) is 14.9. The standard InChI is InChI=1S/C13H15BrN2O3S/c1-7-3-9(4-8(2)11(7)14)15-13(19)16-6-20-5-10(16)12(17)18/h3-4,10H,5-6H2,1-2H3,(H,15,19)(H,17,18)/t10-/m0/s1. The Balaban J connectivity index is 2.14. The lowest BCUT2D eigenvalue weighted by molar-refractivity contribution is -0.140. The van der Waals surface area contributed by atoms with Gasteiger partial charge >= 0.3 is 12.0 Å². The van der Waals surface area contributed by atoms with Gasteiger partial charge in [0.05, 0.1) is 5.88 Å². The van der Waals surface area contributed by atoms with Crippen molar-refractivity contribution in [1.29, 1.82) is 0 Å². The first-order chi connectivity index (χ1) is 9.40. The number of carboxylic acids is 1. The Hall–Kier alpha value is -1.21. The van der Waals surface area contributed by atoms with Crippen LogP contribution in [0.3, 0.4) is 0 Å². The van der Waals surface area contributed by atoms with Crippen molar-refractivity contribution in [2.24, 2.45) is 0 Å². The fraction of sp³-hybridized carbons (Fsp3) is 0.385. The molecule has 1 saturated heterocycles. The lowest BCUT2D eigenvalue weighted by Crippen LogP contribution is -2.43. The molecule has 1 heterocycles. The molecule has 2 amide bonds. The molecule has 7 heteroatoms. The van der Waals surface area contributed by atoms with Gasteiger partial charge in [0.25, 0.3) is 0 Å². The van der Waals surface area contributed by atoms with E-state index in [1.165, 1.54) is 16.7 Å². The molecule has 1 aliphatic heterocycles. The van der Waals surface area contributed by atoms with E-state index in [0.717, 1.165) is 15.6 Å². The van der Waals surface area contributed by atoms with E-state index in [1.807, 2.05) is 26.0 Å². The molecule has 20 heavy (non-hydrogen) atoms. The Bertz CT molecular complexity index is 542. The van der Waals surface area contributed by atoms with Crippen LogP contribution in [0.2, 0.25) is 0 Å². The van der Waals surface area contributed by atoms with Crippen LogP contribution < -0.4 is 5.32 Å². The predicted octanol–water partition coefficient (Wildman–Crippen LogP) is 3.06. The fourth-order valence-corrected chi connectivity index (χ4v) is 3.43. The molecule has 1 aromatic carbocycles. The van der Waals surface area contributed by atoms with E-state index in [9.17, 15) is 9.59 Å². The molecule has 0 spiro atoms. The molecular weight excluding hydrogens is 344 g/mol. The maximum atomic E-state index is 12.2. The van der Waals surface area contributed by atoms with Gasteiger partial charge in [-0.3, -0.25) is 0 Å². The van der Waals surface area contributed by atoms with Crippen LogP contribution in [0.4, 0.5) is 10.5 Å². The van der Waals surface area contributed by atoms with Crippen LogP contribution in [-0.2, 0) is 4.79 Å². The van der Waals surface area contributed by atoms with E-state index in [1.54, 1.807) is 0 Å². The number of carbonyl (C=O) groups is 2. The highest BCUT2D eigenvalue weighted by atomic mass is 79.9. The monoisotopic (exact) mass is 358 g/mol. The van der Waals surface area contributed by atoms with Crippen molar-refractivity contribution in [2.45, 2.75) is 19.9 Å². The zero-order valence-corrected chi connectivity index (χ0v) is 13.5. The Kier molecular flexibility index (Phi) is 4.59. The topological polar surface area (TPSA) is 69.6 Å². The summed E-state index contributed by atoms with van der Waals surface area (Å²) >= 11 is 4.91. The van der Waals surface area contributed by atoms with Gasteiger partial charge in [-0.1, -0.05) is 15.9 Å². The number of nitrogens with zero attached hydrogens (tertiary/aromatic N) is 1. The number of hydrogen-bond donors (Lipinski definition) is 2. The molecule has 2 N–H and O–H groups in total. The molecule has 0 saturated carbocycles. The van der Waals surface area contributed by atoms with Gasteiger partial charge in [0, 0.05) is 15.9 Å². The molecule has 1 atom stereocenters. The molecular formula is C13H15BrN2O3S. The van der Waals surface area contributed by atoms with Crippen LogP contribution in [0.15, 0.2) is 16.6 Å². The first kappa shape index (κ1) is 15.2. The smallest absolute Gasteiger partial charge is 0.327 e. The minimum Gasteiger partial charge on any atom is -0.480 e. The second-order valence-electron chi connectivity index (χ2n) is 4.68. The average molecular weight is 359 g/mol. The number of aryl methyl sites for hydroxylation is 2. The number of thioether (sulfide) groups is 1. The lowest BCUT2D eigenvalue weighted by atomic mass is 10.1. The quantitative estimate of drug-likeness (QED) is 0.852. The number of carbonyl (C=O) groups excluding carboxylic acids is 1. The zero-order valence-electron chi connectivity index (χ0n) is 11.1. The lowest BCUT2D eigenvalue weighted by Gasteiger charge is -2.21. The third-order valence-corrected chi connectivity index (χ3v) is 5.38. The Morgan fingerprint density at radius 2 is 2.00 bits per heavy atom. The number of rotatable bonds is 2. The second kappa shape index (κ2) is 6.05. The maximum absolute atomic E-state index is 12.2. The van der Waals surface area contributed by atoms with Crippen molar-refractivity contribution in [2.75, 3.05) is 16.9 Å². The fourth-order valence-electron chi connectivity index (χ4n) is 2.06. The van der Waals surface area contributed by atoms with Crippen LogP contribution in [0.1, 0.15) is 11.1 Å². The van der Waals surface area contributed by atoms with Crippen LogP contribution in [0.5, 0.6) is 0 Å². The van der Waals surface area contributed by atoms with E-state index >= 15 is 0 Å². The van der Waals surface area contributed by atoms with Gasteiger partial charge in [0.2, 0.25) is 0 Å². The minimum absolute atomic E-state index is 0.372. The summed E-state index contributed by atoms with van der Waals surface area (Å²) in [4.78, 5) is 24.6. The normalized spacial score (nSPS) is 18.1. The van der Waals surface area contributed by atoms with E-state index < -0.39 is 12.0 Å². The van der Waals surface area contributed by atoms with Crippen molar-refractivity contribution < 1.29 is 14.7 Å². The molecule has 0 aliphatic carbocycles. The van der Waals surface area contributed by atoms with Gasteiger partial charge in [0.15, 0.2) is 0 Å². The van der Waals surface area contributed by atoms with Crippen molar-refractivity contribution in [3.8, 4) is 0 Å². The molecule has 1 fully saturated rings. The van der Waals surface area contributed by atoms with Crippen LogP contribution in [0.25, 0.3) is 0 Å². The highest BCUT2D eigenvalue weighted by molar-refractivity contribution is 9.10. The predicted molar refractivity (Wildman–Crippen MR) is 83.2 cm³/mol. The van der Waals surface area contributed by atoms with Gasteiger partial charge in [-0.2, -0.15) is 0 Å². The Labute approximate surface area is 129 Å². The Morgan fingerprint density at radius 3 is 2.55 bits per heavy atom. The molecule has 1 aliphatic rings. The summed E-state index contributed by atoms with van der Waals surface area (Å²) in [5.41, 5.74) is 2.71. The van der Waals surface area contributed by atoms with Gasteiger partial charge in [0.1, 0.15) is 6.04 Å². The molecule has 1 aromatic rings. The highest BCUT2D eigenvalue weighted by Gasteiger charge is 2.34. The summed E-state index contributed by atoms with van der Waals surface area (Å²) in [6, 6.07) is 2.59. The number of carboxylic acid groups (broad SMARTS) is 1. The van der Waals surface area contributed by atoms with E-state index in [-0.39, 0.29) is 6.03 Å². The Morgan fingerprint density at radius 1 is 1.40 bits per heavy atom. The van der Waals surface area contributed by atoms with Gasteiger partial charge in [-0.15, -0.1) is 11.8 Å². The van der Waals surface area contributed by atoms with Crippen molar-refractivity contribution in [1.82, 2.24) is 4.90 Å². The third kappa shape index (κ3) is 3.09. The van der Waals surface area contributed by atoms with Crippen molar-refractivity contribution in [3.05, 3.63) is 27.7 Å². The van der Waals surface area contributed by atoms with E-state index in [0.29, 0.717) is 17.3 Å². The molecule has 2 rings (SSSR count). The molecule has 0 bridgehead atoms. The van der Waals surface area contributed by atoms with Crippen LogP contribution in [-0.4, -0.2) is 39.7 Å². The van der Waals surface area contributed by atoms with Gasteiger partial charge in [-0.05, 0) is 37.1 Å². The summed E-state index contributed by atoms with van der Waals surface area (Å²) < 4.78 is 1.01. The molecule has 0 aromatic heterocycles. The average Bonchev–Trinajstić information content (AvgIpc) is 2.85. The molecule has 0 radical (unpaired) electrons. The maximum Gasteiger partial charge on any atom is 0.327 e. The van der Waals surface area contributed by atoms with Gasteiger partial charge < -0.3 is 15.3 Å². The molecule has 0 unspecified atom stereocenters. The summed E-state index contributed by atoms with van der Waals surface area (Å²) in [5.74, 6) is -0.133. The van der Waals surface area contributed by atoms with Crippen LogP contribution in [0, 0.1) is 13.8 Å². The first-order valence-corrected chi connectivity index (χ1v) is 8.00. The first-order valence-electron chi connectivity index (χ1n) is 6.05. The largest absolute Gasteiger partial charge is 0.480 e. The number of anilines is 1. The summed E-state index contributed by atoms with van der Waals surface area (Å²) in [6.07, 6.45) is 0. The third-order valence-electron chi connectivity index (χ3n) is 3.12. The second-order valence-corrected chi connectivity index (χ2v) is 6.47. The molecule has 108 valence electrons. The van der Waals surface area contributed by atoms with Crippen LogP contribution >= 0.6 is 27.7 Å². The number of nitrogens with one attached hydrogen (secondary N) is 1.